The van der Waals surface area contributed by atoms with Gasteiger partial charge in [0.05, 0.1) is 25.1 Å². The molecule has 7 nitrogen and oxygen atoms in total. The molecule has 0 amide bonds. The van der Waals surface area contributed by atoms with E-state index in [9.17, 15) is 5.11 Å². The molecular weight excluding hydrogens is 332 g/mol. The fraction of sp³-hybridized carbons (Fsp3) is 0.211. The summed E-state index contributed by atoms with van der Waals surface area (Å²) in [6.45, 7) is 2.71. The predicted molar refractivity (Wildman–Crippen MR) is 96.5 cm³/mol. The predicted octanol–water partition coefficient (Wildman–Crippen LogP) is 2.87. The van der Waals surface area contributed by atoms with E-state index in [1.807, 2.05) is 12.1 Å². The Hall–Kier alpha value is -3.19. The van der Waals surface area contributed by atoms with Gasteiger partial charge in [-0.05, 0) is 24.3 Å². The lowest BCUT2D eigenvalue weighted by atomic mass is 10.1. The highest BCUT2D eigenvalue weighted by molar-refractivity contribution is 5.63. The number of benzene rings is 1. The largest absolute Gasteiger partial charge is 0.508 e. The van der Waals surface area contributed by atoms with Crippen LogP contribution in [-0.4, -0.2) is 46.4 Å². The fourth-order valence-corrected chi connectivity index (χ4v) is 2.71. The Morgan fingerprint density at radius 2 is 1.92 bits per heavy atom. The van der Waals surface area contributed by atoms with E-state index in [0.29, 0.717) is 36.5 Å². The molecule has 0 saturated carbocycles. The van der Waals surface area contributed by atoms with E-state index in [2.05, 4.69) is 19.9 Å². The molecule has 4 rings (SSSR count). The van der Waals surface area contributed by atoms with Crippen LogP contribution in [0.4, 0.5) is 5.95 Å². The fourth-order valence-electron chi connectivity index (χ4n) is 2.71. The third-order valence-corrected chi connectivity index (χ3v) is 3.98. The molecule has 3 heterocycles. The number of pyridine rings is 1. The number of aromatic hydroxyl groups is 1. The third kappa shape index (κ3) is 3.73. The quantitative estimate of drug-likeness (QED) is 0.775. The van der Waals surface area contributed by atoms with Gasteiger partial charge in [-0.2, -0.15) is 4.98 Å². The van der Waals surface area contributed by atoms with Crippen LogP contribution in [0, 0.1) is 0 Å². The first-order chi connectivity index (χ1) is 12.8. The molecule has 26 heavy (non-hydrogen) atoms. The van der Waals surface area contributed by atoms with Crippen LogP contribution in [-0.2, 0) is 4.74 Å². The number of aromatic nitrogens is 3. The molecule has 0 atom stereocenters. The van der Waals surface area contributed by atoms with Crippen LogP contribution in [0.15, 0.2) is 54.9 Å². The van der Waals surface area contributed by atoms with Gasteiger partial charge in [0.15, 0.2) is 0 Å². The van der Waals surface area contributed by atoms with E-state index in [-0.39, 0.29) is 5.75 Å². The summed E-state index contributed by atoms with van der Waals surface area (Å²) in [5, 5.41) is 9.79. The van der Waals surface area contributed by atoms with Gasteiger partial charge in [-0.1, -0.05) is 12.1 Å². The molecule has 1 saturated heterocycles. The van der Waals surface area contributed by atoms with Gasteiger partial charge < -0.3 is 19.5 Å². The van der Waals surface area contributed by atoms with Crippen LogP contribution in [0.25, 0.3) is 11.3 Å². The summed E-state index contributed by atoms with van der Waals surface area (Å²) in [5.41, 5.74) is 1.47. The van der Waals surface area contributed by atoms with Crippen LogP contribution in [0.3, 0.4) is 0 Å². The number of nitrogens with zero attached hydrogens (tertiary/aromatic N) is 4. The summed E-state index contributed by atoms with van der Waals surface area (Å²) in [4.78, 5) is 15.3. The minimum Gasteiger partial charge on any atom is -0.508 e. The van der Waals surface area contributed by atoms with E-state index >= 15 is 0 Å². The molecule has 7 heteroatoms. The van der Waals surface area contributed by atoms with Crippen molar-refractivity contribution in [3.63, 3.8) is 0 Å². The zero-order valence-corrected chi connectivity index (χ0v) is 14.1. The Labute approximate surface area is 150 Å². The summed E-state index contributed by atoms with van der Waals surface area (Å²) < 4.78 is 11.3. The van der Waals surface area contributed by atoms with Crippen LogP contribution >= 0.6 is 0 Å². The molecule has 1 aliphatic rings. The van der Waals surface area contributed by atoms with Crippen molar-refractivity contribution < 1.29 is 14.6 Å². The number of hydrogen-bond donors (Lipinski definition) is 1. The van der Waals surface area contributed by atoms with Gasteiger partial charge in [0.25, 0.3) is 0 Å². The summed E-state index contributed by atoms with van der Waals surface area (Å²) in [5.74, 6) is 1.78. The molecule has 0 aliphatic carbocycles. The maximum atomic E-state index is 9.79. The minimum atomic E-state index is 0.184. The highest BCUT2D eigenvalue weighted by Crippen LogP contribution is 2.28. The lowest BCUT2D eigenvalue weighted by Gasteiger charge is -2.27. The van der Waals surface area contributed by atoms with Gasteiger partial charge in [0, 0.05) is 30.9 Å². The van der Waals surface area contributed by atoms with Gasteiger partial charge in [0.2, 0.25) is 11.8 Å². The first-order valence-electron chi connectivity index (χ1n) is 8.37. The number of morpholine rings is 1. The molecule has 1 fully saturated rings. The van der Waals surface area contributed by atoms with Crippen LogP contribution in [0.2, 0.25) is 0 Å². The van der Waals surface area contributed by atoms with Crippen LogP contribution in [0.5, 0.6) is 17.4 Å². The number of ether oxygens (including phenoxy) is 2. The molecule has 1 aromatic carbocycles. The molecule has 1 N–H and O–H groups in total. The van der Waals surface area contributed by atoms with Crippen molar-refractivity contribution in [2.45, 2.75) is 0 Å². The second kappa shape index (κ2) is 7.37. The van der Waals surface area contributed by atoms with Gasteiger partial charge in [0.1, 0.15) is 11.5 Å². The molecular formula is C19H18N4O3. The summed E-state index contributed by atoms with van der Waals surface area (Å²) >= 11 is 0. The monoisotopic (exact) mass is 350 g/mol. The van der Waals surface area contributed by atoms with Crippen molar-refractivity contribution in [2.24, 2.45) is 0 Å². The number of hydrogen-bond acceptors (Lipinski definition) is 7. The number of phenols is 1. The van der Waals surface area contributed by atoms with Crippen molar-refractivity contribution in [3.8, 4) is 28.6 Å². The third-order valence-electron chi connectivity index (χ3n) is 3.98. The summed E-state index contributed by atoms with van der Waals surface area (Å²) in [6.07, 6.45) is 3.31. The van der Waals surface area contributed by atoms with E-state index in [4.69, 9.17) is 9.47 Å². The highest BCUT2D eigenvalue weighted by Gasteiger charge is 2.17. The zero-order chi connectivity index (χ0) is 17.8. The molecule has 1 aliphatic heterocycles. The molecule has 132 valence electrons. The Kier molecular flexibility index (Phi) is 4.61. The minimum absolute atomic E-state index is 0.184. The molecule has 2 aromatic heterocycles. The van der Waals surface area contributed by atoms with E-state index < -0.39 is 0 Å². The van der Waals surface area contributed by atoms with Crippen LogP contribution in [0.1, 0.15) is 0 Å². The SMILES string of the molecule is Oc1cccc(-c2cc(Oc3cccnc3)nc(N3CCOCC3)n2)c1. The Bertz CT molecular complexity index is 883. The maximum absolute atomic E-state index is 9.79. The van der Waals surface area contributed by atoms with Gasteiger partial charge >= 0.3 is 0 Å². The molecule has 0 radical (unpaired) electrons. The second-order valence-electron chi connectivity index (χ2n) is 5.83. The second-order valence-corrected chi connectivity index (χ2v) is 5.83. The summed E-state index contributed by atoms with van der Waals surface area (Å²) in [6, 6.07) is 12.3. The zero-order valence-electron chi connectivity index (χ0n) is 14.1. The highest BCUT2D eigenvalue weighted by atomic mass is 16.5. The Morgan fingerprint density at radius 3 is 2.69 bits per heavy atom. The van der Waals surface area contributed by atoms with E-state index in [1.54, 1.807) is 42.7 Å². The van der Waals surface area contributed by atoms with Crippen molar-refractivity contribution in [1.82, 2.24) is 15.0 Å². The summed E-state index contributed by atoms with van der Waals surface area (Å²) in [7, 11) is 0. The van der Waals surface area contributed by atoms with Gasteiger partial charge in [-0.3, -0.25) is 4.98 Å². The Morgan fingerprint density at radius 1 is 1.04 bits per heavy atom. The molecule has 0 unspecified atom stereocenters. The van der Waals surface area contributed by atoms with Gasteiger partial charge in [-0.25, -0.2) is 4.98 Å². The van der Waals surface area contributed by atoms with Crippen molar-refractivity contribution in [2.75, 3.05) is 31.2 Å². The van der Waals surface area contributed by atoms with Crippen LogP contribution < -0.4 is 9.64 Å². The standard InChI is InChI=1S/C19H18N4O3/c24-15-4-1-3-14(11-15)17-12-18(26-16-5-2-6-20-13-16)22-19(21-17)23-7-9-25-10-8-23/h1-6,11-13,24H,7-10H2. The van der Waals surface area contributed by atoms with Crippen molar-refractivity contribution in [3.05, 3.63) is 54.9 Å². The average Bonchev–Trinajstić information content (AvgIpc) is 2.69. The smallest absolute Gasteiger partial charge is 0.229 e. The number of phenolic OH excluding ortho intramolecular Hbond substituents is 1. The lowest BCUT2D eigenvalue weighted by molar-refractivity contribution is 0.122. The first kappa shape index (κ1) is 16.3. The molecule has 3 aromatic rings. The topological polar surface area (TPSA) is 80.6 Å². The van der Waals surface area contributed by atoms with E-state index in [0.717, 1.165) is 18.7 Å². The average molecular weight is 350 g/mol. The maximum Gasteiger partial charge on any atom is 0.229 e. The molecule has 0 bridgehead atoms. The van der Waals surface area contributed by atoms with Gasteiger partial charge in [-0.15, -0.1) is 0 Å². The normalized spacial score (nSPS) is 14.2. The number of anilines is 1. The van der Waals surface area contributed by atoms with Crippen molar-refractivity contribution >= 4 is 5.95 Å². The Balaban J connectivity index is 1.73. The van der Waals surface area contributed by atoms with E-state index in [1.165, 1.54) is 0 Å². The van der Waals surface area contributed by atoms with Crippen molar-refractivity contribution in [1.29, 1.82) is 0 Å². The number of rotatable bonds is 4. The lowest BCUT2D eigenvalue weighted by Crippen LogP contribution is -2.37. The molecule has 0 spiro atoms. The first-order valence-corrected chi connectivity index (χ1v) is 8.37.